The largest absolute Gasteiger partial charge is 0.480 e. The smallest absolute Gasteiger partial charge is 0.414 e. The Hall–Kier alpha value is -0.820. The molecule has 2 atom stereocenters. The van der Waals surface area contributed by atoms with Gasteiger partial charge < -0.3 is 15.2 Å². The Bertz CT molecular complexity index is 208. The van der Waals surface area contributed by atoms with E-state index < -0.39 is 30.9 Å². The second-order valence-electron chi connectivity index (χ2n) is 2.97. The van der Waals surface area contributed by atoms with Crippen LogP contribution in [0, 0.1) is 0 Å². The summed E-state index contributed by atoms with van der Waals surface area (Å²) in [6, 6.07) is -1.11. The summed E-state index contributed by atoms with van der Waals surface area (Å²) >= 11 is 0. The number of likely N-dealkylation sites (N-methyl/N-ethyl adjacent to an activating group) is 1. The minimum Gasteiger partial charge on any atom is -0.480 e. The first-order chi connectivity index (χ1) is 6.79. The van der Waals surface area contributed by atoms with Crippen LogP contribution in [0.1, 0.15) is 13.8 Å². The molecule has 7 heteroatoms. The molecule has 0 aliphatic heterocycles. The second-order valence-corrected chi connectivity index (χ2v) is 2.97. The zero-order valence-corrected chi connectivity index (χ0v) is 8.47. The van der Waals surface area contributed by atoms with Gasteiger partial charge in [-0.05, 0) is 13.5 Å². The number of carbonyl (C=O) groups is 1. The van der Waals surface area contributed by atoms with E-state index in [1.54, 1.807) is 6.92 Å². The fraction of sp³-hybridized carbons (Fsp3) is 0.875. The van der Waals surface area contributed by atoms with Gasteiger partial charge in [0, 0.05) is 0 Å². The summed E-state index contributed by atoms with van der Waals surface area (Å²) in [5.74, 6) is -1.23. The van der Waals surface area contributed by atoms with Crippen molar-refractivity contribution >= 4 is 5.97 Å². The third-order valence-corrected chi connectivity index (χ3v) is 1.72. The van der Waals surface area contributed by atoms with Crippen molar-refractivity contribution in [1.82, 2.24) is 5.32 Å². The zero-order valence-electron chi connectivity index (χ0n) is 8.47. The molecule has 0 spiro atoms. The van der Waals surface area contributed by atoms with Gasteiger partial charge in [-0.1, -0.05) is 6.92 Å². The van der Waals surface area contributed by atoms with Crippen LogP contribution in [-0.4, -0.2) is 42.5 Å². The number of rotatable bonds is 6. The average Bonchev–Trinajstić information content (AvgIpc) is 2.09. The van der Waals surface area contributed by atoms with Crippen molar-refractivity contribution in [2.75, 3.05) is 13.2 Å². The second kappa shape index (κ2) is 5.92. The van der Waals surface area contributed by atoms with E-state index in [4.69, 9.17) is 5.11 Å². The number of hydrogen-bond donors (Lipinski definition) is 2. The molecule has 0 fully saturated rings. The van der Waals surface area contributed by atoms with E-state index in [9.17, 15) is 18.0 Å². The van der Waals surface area contributed by atoms with Gasteiger partial charge in [0.2, 0.25) is 0 Å². The third-order valence-electron chi connectivity index (χ3n) is 1.72. The Morgan fingerprint density at radius 3 is 2.40 bits per heavy atom. The fourth-order valence-electron chi connectivity index (χ4n) is 0.799. The maximum absolute atomic E-state index is 12.0. The van der Waals surface area contributed by atoms with Gasteiger partial charge in [-0.25, -0.2) is 0 Å². The Kier molecular flexibility index (Phi) is 5.59. The molecule has 0 aliphatic rings. The predicted molar refractivity (Wildman–Crippen MR) is 46.6 cm³/mol. The lowest BCUT2D eigenvalue weighted by Gasteiger charge is -2.19. The van der Waals surface area contributed by atoms with Crippen LogP contribution in [0.15, 0.2) is 0 Å². The molecule has 2 unspecified atom stereocenters. The summed E-state index contributed by atoms with van der Waals surface area (Å²) in [4.78, 5) is 10.5. The lowest BCUT2D eigenvalue weighted by molar-refractivity contribution is -0.216. The Labute approximate surface area is 85.4 Å². The van der Waals surface area contributed by atoms with Crippen molar-refractivity contribution in [3.05, 3.63) is 0 Å². The van der Waals surface area contributed by atoms with Crippen molar-refractivity contribution in [1.29, 1.82) is 0 Å². The molecule has 0 saturated carbocycles. The maximum atomic E-state index is 12.0. The number of hydrogen-bond acceptors (Lipinski definition) is 3. The normalized spacial score (nSPS) is 16.1. The maximum Gasteiger partial charge on any atom is 0.414 e. The van der Waals surface area contributed by atoms with E-state index in [1.165, 1.54) is 0 Å². The molecule has 0 heterocycles. The molecule has 0 aliphatic carbocycles. The average molecular weight is 229 g/mol. The van der Waals surface area contributed by atoms with Gasteiger partial charge in [0.1, 0.15) is 6.04 Å². The molecule has 0 aromatic heterocycles. The van der Waals surface area contributed by atoms with Crippen LogP contribution >= 0.6 is 0 Å². The highest BCUT2D eigenvalue weighted by Crippen LogP contribution is 2.22. The van der Waals surface area contributed by atoms with Crippen LogP contribution in [0.5, 0.6) is 0 Å². The molecule has 0 aromatic rings. The molecule has 0 saturated heterocycles. The van der Waals surface area contributed by atoms with Gasteiger partial charge in [-0.2, -0.15) is 13.2 Å². The van der Waals surface area contributed by atoms with Gasteiger partial charge in [-0.3, -0.25) is 4.79 Å². The first-order valence-electron chi connectivity index (χ1n) is 4.43. The predicted octanol–water partition coefficient (Wildman–Crippen LogP) is 1.02. The number of nitrogens with one attached hydrogen (secondary N) is 1. The van der Waals surface area contributed by atoms with Crippen molar-refractivity contribution in [3.8, 4) is 0 Å². The van der Waals surface area contributed by atoms with E-state index in [1.807, 2.05) is 0 Å². The molecule has 0 rings (SSSR count). The van der Waals surface area contributed by atoms with Gasteiger partial charge >= 0.3 is 12.1 Å². The molecular formula is C8H14F3NO3. The standard InChI is InChI=1S/C8H14F3NO3/c1-3-12-6(7(13)14)4-15-5(2)8(9,10)11/h5-6,12H,3-4H2,1-2H3,(H,13,14). The van der Waals surface area contributed by atoms with Gasteiger partial charge in [0.25, 0.3) is 0 Å². The van der Waals surface area contributed by atoms with Crippen molar-refractivity contribution < 1.29 is 27.8 Å². The molecule has 0 amide bonds. The molecule has 90 valence electrons. The van der Waals surface area contributed by atoms with Gasteiger partial charge in [0.15, 0.2) is 6.10 Å². The summed E-state index contributed by atoms with van der Waals surface area (Å²) in [5, 5.41) is 11.1. The monoisotopic (exact) mass is 229 g/mol. The minimum atomic E-state index is -4.46. The molecule has 0 radical (unpaired) electrons. The summed E-state index contributed by atoms with van der Waals surface area (Å²) in [6.07, 6.45) is -6.42. The summed E-state index contributed by atoms with van der Waals surface area (Å²) in [5.41, 5.74) is 0. The highest BCUT2D eigenvalue weighted by Gasteiger charge is 2.37. The van der Waals surface area contributed by atoms with Crippen LogP contribution in [0.2, 0.25) is 0 Å². The topological polar surface area (TPSA) is 58.6 Å². The Balaban J connectivity index is 4.05. The summed E-state index contributed by atoms with van der Waals surface area (Å²) < 4.78 is 40.4. The molecule has 4 nitrogen and oxygen atoms in total. The summed E-state index contributed by atoms with van der Waals surface area (Å²) in [6.45, 7) is 2.33. The van der Waals surface area contributed by atoms with Crippen molar-refractivity contribution in [2.24, 2.45) is 0 Å². The number of aliphatic carboxylic acids is 1. The molecule has 0 bridgehead atoms. The quantitative estimate of drug-likeness (QED) is 0.713. The Morgan fingerprint density at radius 2 is 2.07 bits per heavy atom. The first-order valence-corrected chi connectivity index (χ1v) is 4.43. The molecule has 0 aromatic carbocycles. The number of carboxylic acid groups (broad SMARTS) is 1. The fourth-order valence-corrected chi connectivity index (χ4v) is 0.799. The minimum absolute atomic E-state index is 0.348. The van der Waals surface area contributed by atoms with Crippen molar-refractivity contribution in [2.45, 2.75) is 32.2 Å². The highest BCUT2D eigenvalue weighted by atomic mass is 19.4. The van der Waals surface area contributed by atoms with Crippen LogP contribution in [0.3, 0.4) is 0 Å². The van der Waals surface area contributed by atoms with E-state index in [0.29, 0.717) is 6.54 Å². The summed E-state index contributed by atoms with van der Waals surface area (Å²) in [7, 11) is 0. The van der Waals surface area contributed by atoms with Gasteiger partial charge in [-0.15, -0.1) is 0 Å². The molecule has 15 heavy (non-hydrogen) atoms. The number of alkyl halides is 3. The number of carboxylic acids is 1. The van der Waals surface area contributed by atoms with E-state index >= 15 is 0 Å². The highest BCUT2D eigenvalue weighted by molar-refractivity contribution is 5.73. The molecule has 2 N–H and O–H groups in total. The lowest BCUT2D eigenvalue weighted by Crippen LogP contribution is -2.42. The number of halogens is 3. The third kappa shape index (κ3) is 5.58. The SMILES string of the molecule is CCNC(COC(C)C(F)(F)F)C(=O)O. The van der Waals surface area contributed by atoms with Crippen LogP contribution in [-0.2, 0) is 9.53 Å². The van der Waals surface area contributed by atoms with E-state index in [-0.39, 0.29) is 0 Å². The Morgan fingerprint density at radius 1 is 1.53 bits per heavy atom. The lowest BCUT2D eigenvalue weighted by atomic mass is 10.3. The first kappa shape index (κ1) is 14.2. The number of ether oxygens (including phenoxy) is 1. The van der Waals surface area contributed by atoms with E-state index in [2.05, 4.69) is 10.1 Å². The zero-order chi connectivity index (χ0) is 12.1. The van der Waals surface area contributed by atoms with Crippen molar-refractivity contribution in [3.63, 3.8) is 0 Å². The molecular weight excluding hydrogens is 215 g/mol. The van der Waals surface area contributed by atoms with E-state index in [0.717, 1.165) is 6.92 Å². The van der Waals surface area contributed by atoms with Crippen LogP contribution < -0.4 is 5.32 Å². The van der Waals surface area contributed by atoms with Gasteiger partial charge in [0.05, 0.1) is 6.61 Å². The van der Waals surface area contributed by atoms with Crippen LogP contribution in [0.25, 0.3) is 0 Å². The van der Waals surface area contributed by atoms with Crippen LogP contribution in [0.4, 0.5) is 13.2 Å².